The average molecular weight is 492 g/mol. The van der Waals surface area contributed by atoms with E-state index >= 15 is 0 Å². The van der Waals surface area contributed by atoms with Crippen molar-refractivity contribution in [1.82, 2.24) is 19.6 Å². The van der Waals surface area contributed by atoms with Crippen LogP contribution in [0.25, 0.3) is 16.7 Å². The molecule has 0 radical (unpaired) electrons. The van der Waals surface area contributed by atoms with E-state index in [0.29, 0.717) is 23.7 Å². The van der Waals surface area contributed by atoms with E-state index in [1.807, 2.05) is 17.0 Å². The molecule has 0 N–H and O–H groups in total. The van der Waals surface area contributed by atoms with Crippen LogP contribution in [0, 0.1) is 24.0 Å². The van der Waals surface area contributed by atoms with E-state index < -0.39 is 23.2 Å². The number of aryl methyl sites for hydroxylation is 1. The third-order valence-electron chi connectivity index (χ3n) is 6.13. The zero-order valence-electron chi connectivity index (χ0n) is 19.9. The normalized spacial score (nSPS) is 14.5. The number of halogens is 5. The fourth-order valence-electron chi connectivity index (χ4n) is 3.95. The standard InChI is InChI=1S/C20H17F2N5.C5H9F3/c1-12-5-4-7-15-13(12)6-2-3-10-26(15)19-17-16(9-8-14(21)18(17)22)27-11-23-25-20(27)24-19;1-4(2,3)5(6,7)8/h4-5,7-9,11H,2-3,6,10H2,1H3;1-3H3. The molecule has 0 bridgehead atoms. The van der Waals surface area contributed by atoms with Gasteiger partial charge in [0, 0.05) is 12.2 Å². The highest BCUT2D eigenvalue weighted by Crippen LogP contribution is 2.38. The summed E-state index contributed by atoms with van der Waals surface area (Å²) in [5.41, 5.74) is 2.35. The first-order chi connectivity index (χ1) is 16.4. The number of alkyl halides is 3. The van der Waals surface area contributed by atoms with Crippen molar-refractivity contribution < 1.29 is 22.0 Å². The molecule has 3 heterocycles. The first-order valence-corrected chi connectivity index (χ1v) is 11.3. The third kappa shape index (κ3) is 4.66. The molecule has 0 saturated carbocycles. The Hall–Kier alpha value is -3.30. The van der Waals surface area contributed by atoms with Gasteiger partial charge in [0.25, 0.3) is 5.78 Å². The summed E-state index contributed by atoms with van der Waals surface area (Å²) < 4.78 is 65.3. The van der Waals surface area contributed by atoms with Crippen molar-refractivity contribution in [3.8, 4) is 0 Å². The smallest absolute Gasteiger partial charge is 0.325 e. The first-order valence-electron chi connectivity index (χ1n) is 11.3. The molecule has 0 atom stereocenters. The molecule has 0 amide bonds. The molecular weight excluding hydrogens is 465 g/mol. The molecule has 2 aromatic heterocycles. The Kier molecular flexibility index (Phi) is 6.42. The van der Waals surface area contributed by atoms with Gasteiger partial charge in [0.1, 0.15) is 12.1 Å². The molecule has 5 rings (SSSR count). The first kappa shape index (κ1) is 24.8. The van der Waals surface area contributed by atoms with Crippen molar-refractivity contribution in [2.45, 2.75) is 53.1 Å². The van der Waals surface area contributed by atoms with Crippen LogP contribution in [-0.4, -0.2) is 32.3 Å². The lowest BCUT2D eigenvalue weighted by Crippen LogP contribution is -2.28. The number of benzene rings is 2. The molecule has 0 spiro atoms. The van der Waals surface area contributed by atoms with Crippen molar-refractivity contribution in [3.63, 3.8) is 0 Å². The topological polar surface area (TPSA) is 46.3 Å². The Balaban J connectivity index is 0.000000314. The highest BCUT2D eigenvalue weighted by atomic mass is 19.4. The van der Waals surface area contributed by atoms with E-state index in [1.54, 1.807) is 10.5 Å². The van der Waals surface area contributed by atoms with Crippen LogP contribution in [0.4, 0.5) is 33.5 Å². The van der Waals surface area contributed by atoms with Crippen molar-refractivity contribution in [2.75, 3.05) is 11.4 Å². The highest BCUT2D eigenvalue weighted by Gasteiger charge is 2.42. The van der Waals surface area contributed by atoms with Crippen LogP contribution in [0.2, 0.25) is 0 Å². The molecule has 0 fully saturated rings. The molecule has 0 unspecified atom stereocenters. The molecular formula is C25H26F5N5. The lowest BCUT2D eigenvalue weighted by Gasteiger charge is -2.26. The molecule has 5 nitrogen and oxygen atoms in total. The maximum Gasteiger partial charge on any atom is 0.393 e. The largest absolute Gasteiger partial charge is 0.393 e. The predicted molar refractivity (Wildman–Crippen MR) is 125 cm³/mol. The Morgan fingerprint density at radius 1 is 0.971 bits per heavy atom. The second-order valence-corrected chi connectivity index (χ2v) is 9.62. The molecule has 2 aromatic carbocycles. The van der Waals surface area contributed by atoms with Crippen molar-refractivity contribution >= 4 is 28.2 Å². The maximum absolute atomic E-state index is 14.9. The van der Waals surface area contributed by atoms with Crippen LogP contribution in [0.5, 0.6) is 0 Å². The van der Waals surface area contributed by atoms with E-state index in [0.717, 1.165) is 51.8 Å². The average Bonchev–Trinajstić information content (AvgIpc) is 3.14. The van der Waals surface area contributed by atoms with Gasteiger partial charge in [-0.25, -0.2) is 8.78 Å². The number of nitrogens with zero attached hydrogens (tertiary/aromatic N) is 5. The Bertz CT molecular complexity index is 1360. The third-order valence-corrected chi connectivity index (χ3v) is 6.13. The quantitative estimate of drug-likeness (QED) is 0.271. The summed E-state index contributed by atoms with van der Waals surface area (Å²) in [6, 6.07) is 8.76. The van der Waals surface area contributed by atoms with Crippen LogP contribution >= 0.6 is 0 Å². The van der Waals surface area contributed by atoms with Gasteiger partial charge >= 0.3 is 6.18 Å². The lowest BCUT2D eigenvalue weighted by molar-refractivity contribution is -0.204. The highest BCUT2D eigenvalue weighted by molar-refractivity contribution is 5.94. The Morgan fingerprint density at radius 3 is 2.37 bits per heavy atom. The second kappa shape index (κ2) is 9.05. The maximum atomic E-state index is 14.9. The van der Waals surface area contributed by atoms with Gasteiger partial charge in [-0.15, -0.1) is 10.2 Å². The molecule has 4 aromatic rings. The predicted octanol–water partition coefficient (Wildman–Crippen LogP) is 6.93. The number of rotatable bonds is 1. The summed E-state index contributed by atoms with van der Waals surface area (Å²) in [6.07, 6.45) is 0.335. The summed E-state index contributed by atoms with van der Waals surface area (Å²) in [7, 11) is 0. The van der Waals surface area contributed by atoms with Crippen molar-refractivity contribution in [2.24, 2.45) is 5.41 Å². The van der Waals surface area contributed by atoms with Crippen LogP contribution in [0.1, 0.15) is 44.7 Å². The SMILES string of the molecule is CC(C)(C)C(F)(F)F.Cc1cccc2c1CCCCN2c1nc2nncn2c2ccc(F)c(F)c12. The van der Waals surface area contributed by atoms with Gasteiger partial charge in [0.05, 0.1) is 16.3 Å². The van der Waals surface area contributed by atoms with Gasteiger partial charge in [-0.1, -0.05) is 32.9 Å². The number of aromatic nitrogens is 4. The summed E-state index contributed by atoms with van der Waals surface area (Å²) in [6.45, 7) is 6.20. The number of hydrogen-bond donors (Lipinski definition) is 0. The molecule has 1 aliphatic heterocycles. The minimum atomic E-state index is -4.06. The van der Waals surface area contributed by atoms with E-state index in [2.05, 4.69) is 28.2 Å². The lowest BCUT2D eigenvalue weighted by atomic mass is 9.96. The van der Waals surface area contributed by atoms with Gasteiger partial charge in [0.2, 0.25) is 0 Å². The number of fused-ring (bicyclic) bond motifs is 4. The summed E-state index contributed by atoms with van der Waals surface area (Å²) >= 11 is 0. The Labute approximate surface area is 199 Å². The summed E-state index contributed by atoms with van der Waals surface area (Å²) in [4.78, 5) is 6.56. The van der Waals surface area contributed by atoms with Crippen LogP contribution < -0.4 is 4.90 Å². The molecule has 1 aliphatic rings. The van der Waals surface area contributed by atoms with Gasteiger partial charge in [0.15, 0.2) is 11.6 Å². The zero-order valence-corrected chi connectivity index (χ0v) is 19.9. The van der Waals surface area contributed by atoms with Gasteiger partial charge < -0.3 is 4.90 Å². The number of anilines is 2. The molecule has 10 heteroatoms. The fourth-order valence-corrected chi connectivity index (χ4v) is 3.95. The summed E-state index contributed by atoms with van der Waals surface area (Å²) in [5.74, 6) is -1.04. The minimum Gasteiger partial charge on any atom is -0.325 e. The van der Waals surface area contributed by atoms with Crippen LogP contribution in [0.3, 0.4) is 0 Å². The van der Waals surface area contributed by atoms with E-state index in [9.17, 15) is 22.0 Å². The molecule has 186 valence electrons. The monoisotopic (exact) mass is 491 g/mol. The molecule has 0 saturated heterocycles. The van der Waals surface area contributed by atoms with Gasteiger partial charge in [-0.3, -0.25) is 4.40 Å². The second-order valence-electron chi connectivity index (χ2n) is 9.62. The molecule has 0 aliphatic carbocycles. The van der Waals surface area contributed by atoms with Crippen LogP contribution in [-0.2, 0) is 6.42 Å². The zero-order chi connectivity index (χ0) is 25.5. The number of hydrogen-bond acceptors (Lipinski definition) is 4. The minimum absolute atomic E-state index is 0.150. The van der Waals surface area contributed by atoms with Crippen molar-refractivity contribution in [1.29, 1.82) is 0 Å². The summed E-state index contributed by atoms with van der Waals surface area (Å²) in [5, 5.41) is 8.06. The van der Waals surface area contributed by atoms with E-state index in [4.69, 9.17) is 0 Å². The van der Waals surface area contributed by atoms with E-state index in [-0.39, 0.29) is 5.39 Å². The van der Waals surface area contributed by atoms with Crippen molar-refractivity contribution in [3.05, 3.63) is 59.4 Å². The van der Waals surface area contributed by atoms with Crippen LogP contribution in [0.15, 0.2) is 36.7 Å². The Morgan fingerprint density at radius 2 is 1.69 bits per heavy atom. The fraction of sp³-hybridized carbons (Fsp3) is 0.400. The van der Waals surface area contributed by atoms with E-state index in [1.165, 1.54) is 17.5 Å². The van der Waals surface area contributed by atoms with Gasteiger partial charge in [-0.05, 0) is 55.5 Å². The van der Waals surface area contributed by atoms with Gasteiger partial charge in [-0.2, -0.15) is 18.2 Å². The molecule has 35 heavy (non-hydrogen) atoms.